The molecule has 6 heteroatoms. The van der Waals surface area contributed by atoms with Crippen LogP contribution in [0.5, 0.6) is 0 Å². The first-order valence-electron chi connectivity index (χ1n) is 9.35. The van der Waals surface area contributed by atoms with Crippen LogP contribution in [0, 0.1) is 12.7 Å². The first-order valence-corrected chi connectivity index (χ1v) is 9.35. The SMILES string of the molecule is CC(=O)N1CC(=O)N(Cc2ccc(C)cc2)CC(OCc2cccc(F)c2)C1. The standard InChI is InChI=1S/C22H25FN2O3/c1-16-6-8-18(9-7-16)11-25-13-21(12-24(17(2)26)14-22(25)27)28-15-19-4-3-5-20(23)10-19/h3-10,21H,11-15H2,1-2H3. The molecule has 1 aliphatic rings. The minimum atomic E-state index is -0.343. The second-order valence-corrected chi connectivity index (χ2v) is 7.22. The molecule has 5 nitrogen and oxygen atoms in total. The van der Waals surface area contributed by atoms with E-state index in [1.165, 1.54) is 24.0 Å². The van der Waals surface area contributed by atoms with Gasteiger partial charge in [-0.3, -0.25) is 9.59 Å². The Morgan fingerprint density at radius 1 is 1.14 bits per heavy atom. The van der Waals surface area contributed by atoms with Gasteiger partial charge in [0, 0.05) is 26.6 Å². The molecule has 1 unspecified atom stereocenters. The zero-order chi connectivity index (χ0) is 20.1. The van der Waals surface area contributed by atoms with Crippen LogP contribution in [-0.2, 0) is 27.5 Å². The van der Waals surface area contributed by atoms with Crippen molar-refractivity contribution in [2.45, 2.75) is 33.1 Å². The van der Waals surface area contributed by atoms with E-state index >= 15 is 0 Å². The summed E-state index contributed by atoms with van der Waals surface area (Å²) < 4.78 is 19.4. The van der Waals surface area contributed by atoms with Gasteiger partial charge in [-0.05, 0) is 30.2 Å². The van der Waals surface area contributed by atoms with E-state index in [2.05, 4.69) is 0 Å². The second-order valence-electron chi connectivity index (χ2n) is 7.22. The van der Waals surface area contributed by atoms with E-state index in [4.69, 9.17) is 4.74 Å². The number of hydrogen-bond acceptors (Lipinski definition) is 3. The van der Waals surface area contributed by atoms with Crippen molar-refractivity contribution in [2.24, 2.45) is 0 Å². The zero-order valence-corrected chi connectivity index (χ0v) is 16.2. The van der Waals surface area contributed by atoms with Gasteiger partial charge < -0.3 is 14.5 Å². The van der Waals surface area contributed by atoms with Crippen LogP contribution < -0.4 is 0 Å². The molecule has 3 rings (SSSR count). The Kier molecular flexibility index (Phi) is 6.41. The van der Waals surface area contributed by atoms with Gasteiger partial charge in [0.25, 0.3) is 0 Å². The van der Waals surface area contributed by atoms with E-state index in [9.17, 15) is 14.0 Å². The molecule has 0 aliphatic carbocycles. The second kappa shape index (κ2) is 8.97. The number of carbonyl (C=O) groups excluding carboxylic acids is 2. The molecule has 2 aromatic carbocycles. The van der Waals surface area contributed by atoms with Gasteiger partial charge in [0.2, 0.25) is 11.8 Å². The Morgan fingerprint density at radius 3 is 2.57 bits per heavy atom. The molecule has 1 aliphatic heterocycles. The number of ether oxygens (including phenoxy) is 1. The Bertz CT molecular complexity index is 838. The highest BCUT2D eigenvalue weighted by atomic mass is 19.1. The summed E-state index contributed by atoms with van der Waals surface area (Å²) >= 11 is 0. The Labute approximate surface area is 164 Å². The smallest absolute Gasteiger partial charge is 0.242 e. The molecule has 0 N–H and O–H groups in total. The molecule has 1 atom stereocenters. The fourth-order valence-electron chi connectivity index (χ4n) is 3.23. The molecular formula is C22H25FN2O3. The first kappa shape index (κ1) is 20.0. The van der Waals surface area contributed by atoms with Crippen molar-refractivity contribution in [2.75, 3.05) is 19.6 Å². The number of nitrogens with zero attached hydrogens (tertiary/aromatic N) is 2. The fourth-order valence-corrected chi connectivity index (χ4v) is 3.23. The molecule has 148 valence electrons. The van der Waals surface area contributed by atoms with Crippen molar-refractivity contribution in [1.29, 1.82) is 0 Å². The van der Waals surface area contributed by atoms with Gasteiger partial charge in [0.15, 0.2) is 0 Å². The Hall–Kier alpha value is -2.73. The molecule has 0 radical (unpaired) electrons. The highest BCUT2D eigenvalue weighted by Crippen LogP contribution is 2.15. The summed E-state index contributed by atoms with van der Waals surface area (Å²) in [7, 11) is 0. The van der Waals surface area contributed by atoms with E-state index in [-0.39, 0.29) is 36.9 Å². The van der Waals surface area contributed by atoms with Gasteiger partial charge in [-0.1, -0.05) is 42.0 Å². The Balaban J connectivity index is 1.72. The monoisotopic (exact) mass is 384 g/mol. The zero-order valence-electron chi connectivity index (χ0n) is 16.2. The number of hydrogen-bond donors (Lipinski definition) is 0. The topological polar surface area (TPSA) is 49.9 Å². The number of aryl methyl sites for hydroxylation is 1. The number of halogens is 1. The van der Waals surface area contributed by atoms with Gasteiger partial charge in [0.1, 0.15) is 5.82 Å². The number of rotatable bonds is 5. The van der Waals surface area contributed by atoms with E-state index < -0.39 is 0 Å². The third-order valence-electron chi connectivity index (χ3n) is 4.84. The fraction of sp³-hybridized carbons (Fsp3) is 0.364. The van der Waals surface area contributed by atoms with Crippen molar-refractivity contribution in [3.05, 3.63) is 71.0 Å². The van der Waals surface area contributed by atoms with Crippen LogP contribution in [0.3, 0.4) is 0 Å². The first-order chi connectivity index (χ1) is 13.4. The number of benzene rings is 2. The van der Waals surface area contributed by atoms with E-state index in [0.717, 1.165) is 16.7 Å². The lowest BCUT2D eigenvalue weighted by molar-refractivity contribution is -0.137. The van der Waals surface area contributed by atoms with Crippen LogP contribution in [0.2, 0.25) is 0 Å². The van der Waals surface area contributed by atoms with Crippen LogP contribution in [0.4, 0.5) is 4.39 Å². The van der Waals surface area contributed by atoms with Crippen molar-refractivity contribution in [1.82, 2.24) is 9.80 Å². The van der Waals surface area contributed by atoms with Gasteiger partial charge in [-0.15, -0.1) is 0 Å². The third kappa shape index (κ3) is 5.39. The highest BCUT2D eigenvalue weighted by Gasteiger charge is 2.29. The lowest BCUT2D eigenvalue weighted by Gasteiger charge is -2.25. The van der Waals surface area contributed by atoms with Gasteiger partial charge >= 0.3 is 0 Å². The summed E-state index contributed by atoms with van der Waals surface area (Å²) in [4.78, 5) is 27.8. The minimum absolute atomic E-state index is 0.0427. The summed E-state index contributed by atoms with van der Waals surface area (Å²) in [6.45, 7) is 4.91. The van der Waals surface area contributed by atoms with Gasteiger partial charge in [-0.2, -0.15) is 0 Å². The maximum absolute atomic E-state index is 13.4. The maximum Gasteiger partial charge on any atom is 0.242 e. The predicted octanol–water partition coefficient (Wildman–Crippen LogP) is 2.91. The van der Waals surface area contributed by atoms with E-state index in [1.54, 1.807) is 17.0 Å². The molecule has 2 amide bonds. The number of amides is 2. The van der Waals surface area contributed by atoms with Crippen molar-refractivity contribution in [3.8, 4) is 0 Å². The summed E-state index contributed by atoms with van der Waals surface area (Å²) in [6.07, 6.45) is -0.343. The molecule has 0 spiro atoms. The van der Waals surface area contributed by atoms with Crippen LogP contribution in [0.15, 0.2) is 48.5 Å². The molecule has 1 heterocycles. The van der Waals surface area contributed by atoms with Crippen molar-refractivity contribution >= 4 is 11.8 Å². The lowest BCUT2D eigenvalue weighted by Crippen LogP contribution is -2.38. The number of carbonyl (C=O) groups is 2. The lowest BCUT2D eigenvalue weighted by atomic mass is 10.1. The molecule has 28 heavy (non-hydrogen) atoms. The van der Waals surface area contributed by atoms with Crippen LogP contribution in [-0.4, -0.2) is 47.4 Å². The maximum atomic E-state index is 13.4. The van der Waals surface area contributed by atoms with Crippen LogP contribution in [0.1, 0.15) is 23.6 Å². The van der Waals surface area contributed by atoms with E-state index in [0.29, 0.717) is 19.6 Å². The summed E-state index contributed by atoms with van der Waals surface area (Å²) in [6, 6.07) is 14.3. The predicted molar refractivity (Wildman–Crippen MR) is 104 cm³/mol. The quantitative estimate of drug-likeness (QED) is 0.797. The summed E-state index contributed by atoms with van der Waals surface area (Å²) in [5.74, 6) is -0.582. The molecule has 1 fully saturated rings. The highest BCUT2D eigenvalue weighted by molar-refractivity contribution is 5.84. The molecule has 0 aromatic heterocycles. The van der Waals surface area contributed by atoms with Crippen LogP contribution >= 0.6 is 0 Å². The van der Waals surface area contributed by atoms with Crippen molar-refractivity contribution < 1.29 is 18.7 Å². The molecule has 0 saturated carbocycles. The van der Waals surface area contributed by atoms with Crippen molar-refractivity contribution in [3.63, 3.8) is 0 Å². The summed E-state index contributed by atoms with van der Waals surface area (Å²) in [5.41, 5.74) is 2.90. The molecular weight excluding hydrogens is 359 g/mol. The minimum Gasteiger partial charge on any atom is -0.370 e. The molecule has 1 saturated heterocycles. The average molecular weight is 384 g/mol. The van der Waals surface area contributed by atoms with Crippen LogP contribution in [0.25, 0.3) is 0 Å². The normalized spacial score (nSPS) is 17.5. The van der Waals surface area contributed by atoms with Gasteiger partial charge in [0.05, 0.1) is 19.3 Å². The van der Waals surface area contributed by atoms with E-state index in [1.807, 2.05) is 31.2 Å². The molecule has 0 bridgehead atoms. The van der Waals surface area contributed by atoms with Gasteiger partial charge in [-0.25, -0.2) is 4.39 Å². The summed E-state index contributed by atoms with van der Waals surface area (Å²) in [5, 5.41) is 0. The third-order valence-corrected chi connectivity index (χ3v) is 4.84. The average Bonchev–Trinajstić information content (AvgIpc) is 2.81. The molecule has 2 aromatic rings. The largest absolute Gasteiger partial charge is 0.370 e. The Morgan fingerprint density at radius 2 is 1.89 bits per heavy atom.